The monoisotopic (exact) mass is 404 g/mol. The number of hydrogen-bond acceptors (Lipinski definition) is 4. The molecule has 100 valence electrons. The molecule has 2 aromatic rings. The van der Waals surface area contributed by atoms with Gasteiger partial charge in [0.2, 0.25) is 5.95 Å². The summed E-state index contributed by atoms with van der Waals surface area (Å²) in [5.74, 6) is 1.21. The molecular formula is C12H11Br2ClN4. The lowest BCUT2D eigenvalue weighted by Gasteiger charge is -2.12. The van der Waals surface area contributed by atoms with E-state index in [9.17, 15) is 0 Å². The van der Waals surface area contributed by atoms with Gasteiger partial charge in [-0.3, -0.25) is 0 Å². The van der Waals surface area contributed by atoms with Crippen LogP contribution in [0, 0.1) is 6.92 Å². The Kier molecular flexibility index (Phi) is 4.65. The number of aromatic nitrogens is 2. The maximum absolute atomic E-state index is 6.13. The van der Waals surface area contributed by atoms with Gasteiger partial charge in [-0.15, -0.1) is 0 Å². The Morgan fingerprint density at radius 3 is 2.63 bits per heavy atom. The highest BCUT2D eigenvalue weighted by molar-refractivity contribution is 9.11. The van der Waals surface area contributed by atoms with Gasteiger partial charge in [0.15, 0.2) is 0 Å². The zero-order valence-electron chi connectivity index (χ0n) is 10.3. The fraction of sp³-hybridized carbons (Fsp3) is 0.167. The summed E-state index contributed by atoms with van der Waals surface area (Å²) in [6, 6.07) is 3.81. The van der Waals surface area contributed by atoms with Gasteiger partial charge in [0.1, 0.15) is 5.82 Å². The predicted molar refractivity (Wildman–Crippen MR) is 86.5 cm³/mol. The van der Waals surface area contributed by atoms with Crippen LogP contribution in [0.4, 0.5) is 17.5 Å². The van der Waals surface area contributed by atoms with Crippen LogP contribution in [0.5, 0.6) is 0 Å². The summed E-state index contributed by atoms with van der Waals surface area (Å²) in [6.07, 6.45) is 1.69. The van der Waals surface area contributed by atoms with Gasteiger partial charge in [0.25, 0.3) is 0 Å². The Morgan fingerprint density at radius 2 is 1.95 bits per heavy atom. The lowest BCUT2D eigenvalue weighted by atomic mass is 10.2. The topological polar surface area (TPSA) is 49.8 Å². The largest absolute Gasteiger partial charge is 0.357 e. The summed E-state index contributed by atoms with van der Waals surface area (Å²) >= 11 is 13.0. The molecule has 1 aromatic carbocycles. The van der Waals surface area contributed by atoms with Gasteiger partial charge in [0, 0.05) is 22.7 Å². The van der Waals surface area contributed by atoms with Crippen molar-refractivity contribution in [3.05, 3.63) is 37.9 Å². The molecule has 0 aliphatic carbocycles. The molecule has 2 rings (SSSR count). The molecule has 0 fully saturated rings. The van der Waals surface area contributed by atoms with E-state index in [2.05, 4.69) is 52.5 Å². The first-order valence-electron chi connectivity index (χ1n) is 5.44. The molecular weight excluding hydrogens is 395 g/mol. The maximum atomic E-state index is 6.13. The van der Waals surface area contributed by atoms with Gasteiger partial charge in [-0.1, -0.05) is 11.6 Å². The van der Waals surface area contributed by atoms with E-state index in [-0.39, 0.29) is 0 Å². The molecule has 7 heteroatoms. The van der Waals surface area contributed by atoms with Crippen LogP contribution in [0.15, 0.2) is 27.3 Å². The van der Waals surface area contributed by atoms with E-state index in [1.165, 1.54) is 0 Å². The molecule has 0 atom stereocenters. The maximum Gasteiger partial charge on any atom is 0.224 e. The van der Waals surface area contributed by atoms with Crippen LogP contribution in [0.25, 0.3) is 0 Å². The number of nitrogens with one attached hydrogen (secondary N) is 2. The molecule has 0 radical (unpaired) electrons. The van der Waals surface area contributed by atoms with Crippen molar-refractivity contribution >= 4 is 60.9 Å². The van der Waals surface area contributed by atoms with E-state index >= 15 is 0 Å². The van der Waals surface area contributed by atoms with Crippen molar-refractivity contribution in [1.82, 2.24) is 9.97 Å². The Hall–Kier alpha value is -0.850. The second kappa shape index (κ2) is 6.07. The second-order valence-corrected chi connectivity index (χ2v) is 5.96. The minimum atomic E-state index is 0.542. The molecule has 0 aliphatic heterocycles. The van der Waals surface area contributed by atoms with E-state index in [4.69, 9.17) is 11.6 Å². The summed E-state index contributed by atoms with van der Waals surface area (Å²) < 4.78 is 1.70. The van der Waals surface area contributed by atoms with Crippen LogP contribution < -0.4 is 10.6 Å². The third kappa shape index (κ3) is 3.38. The summed E-state index contributed by atoms with van der Waals surface area (Å²) in [6.45, 7) is 1.95. The summed E-state index contributed by atoms with van der Waals surface area (Å²) in [5.41, 5.74) is 1.86. The van der Waals surface area contributed by atoms with E-state index in [1.807, 2.05) is 19.1 Å². The number of rotatable bonds is 3. The lowest BCUT2D eigenvalue weighted by molar-refractivity contribution is 1.14. The van der Waals surface area contributed by atoms with E-state index in [0.717, 1.165) is 20.2 Å². The van der Waals surface area contributed by atoms with Gasteiger partial charge in [-0.2, -0.15) is 4.98 Å². The van der Waals surface area contributed by atoms with Crippen LogP contribution in [0.3, 0.4) is 0 Å². The fourth-order valence-electron chi connectivity index (χ4n) is 1.44. The van der Waals surface area contributed by atoms with Crippen LogP contribution in [0.1, 0.15) is 5.56 Å². The third-order valence-electron chi connectivity index (χ3n) is 2.47. The van der Waals surface area contributed by atoms with Crippen LogP contribution in [-0.4, -0.2) is 17.0 Å². The minimum Gasteiger partial charge on any atom is -0.357 e. The lowest BCUT2D eigenvalue weighted by Crippen LogP contribution is -2.01. The number of benzene rings is 1. The standard InChI is InChI=1S/C12H11Br2ClN4/c1-6-3-7(13)10(4-9(6)15)18-11-8(14)5-17-12(16-2)19-11/h3-5H,1-2H3,(H2,16,17,18,19). The van der Waals surface area contributed by atoms with Crippen molar-refractivity contribution in [2.24, 2.45) is 0 Å². The van der Waals surface area contributed by atoms with E-state index < -0.39 is 0 Å². The second-order valence-electron chi connectivity index (χ2n) is 3.85. The smallest absolute Gasteiger partial charge is 0.224 e. The van der Waals surface area contributed by atoms with Crippen molar-refractivity contribution in [3.63, 3.8) is 0 Å². The molecule has 0 bridgehead atoms. The normalized spacial score (nSPS) is 10.4. The van der Waals surface area contributed by atoms with Crippen LogP contribution >= 0.6 is 43.5 Å². The molecule has 0 saturated carbocycles. The molecule has 1 aromatic heterocycles. The molecule has 1 heterocycles. The molecule has 4 nitrogen and oxygen atoms in total. The minimum absolute atomic E-state index is 0.542. The zero-order chi connectivity index (χ0) is 14.0. The van der Waals surface area contributed by atoms with E-state index in [1.54, 1.807) is 13.2 Å². The quantitative estimate of drug-likeness (QED) is 0.772. The Balaban J connectivity index is 2.38. The predicted octanol–water partition coefficient (Wildman–Crippen LogP) is 4.75. The van der Waals surface area contributed by atoms with Crippen molar-refractivity contribution in [2.45, 2.75) is 6.92 Å². The Labute approximate surface area is 133 Å². The van der Waals surface area contributed by atoms with Crippen LogP contribution in [-0.2, 0) is 0 Å². The average Bonchev–Trinajstić information content (AvgIpc) is 2.38. The van der Waals surface area contributed by atoms with Gasteiger partial charge in [0.05, 0.1) is 10.2 Å². The van der Waals surface area contributed by atoms with Crippen molar-refractivity contribution in [3.8, 4) is 0 Å². The zero-order valence-corrected chi connectivity index (χ0v) is 14.2. The summed E-state index contributed by atoms with van der Waals surface area (Å²) in [7, 11) is 1.77. The van der Waals surface area contributed by atoms with Gasteiger partial charge < -0.3 is 10.6 Å². The molecule has 19 heavy (non-hydrogen) atoms. The average molecular weight is 407 g/mol. The van der Waals surface area contributed by atoms with Crippen molar-refractivity contribution < 1.29 is 0 Å². The number of anilines is 3. The molecule has 0 amide bonds. The molecule has 2 N–H and O–H groups in total. The van der Waals surface area contributed by atoms with E-state index in [0.29, 0.717) is 16.8 Å². The highest BCUT2D eigenvalue weighted by Gasteiger charge is 2.09. The number of halogens is 3. The Bertz CT molecular complexity index is 619. The van der Waals surface area contributed by atoms with Gasteiger partial charge in [-0.05, 0) is 56.5 Å². The number of nitrogens with zero attached hydrogens (tertiary/aromatic N) is 2. The first-order valence-corrected chi connectivity index (χ1v) is 7.40. The number of hydrogen-bond donors (Lipinski definition) is 2. The molecule has 0 unspecified atom stereocenters. The number of aryl methyl sites for hydroxylation is 1. The highest BCUT2D eigenvalue weighted by Crippen LogP contribution is 2.32. The first kappa shape index (κ1) is 14.6. The van der Waals surface area contributed by atoms with Gasteiger partial charge in [-0.25, -0.2) is 4.98 Å². The molecule has 0 saturated heterocycles. The van der Waals surface area contributed by atoms with Gasteiger partial charge >= 0.3 is 0 Å². The SMILES string of the molecule is CNc1ncc(Br)c(Nc2cc(Cl)c(C)cc2Br)n1. The van der Waals surface area contributed by atoms with Crippen molar-refractivity contribution in [1.29, 1.82) is 0 Å². The first-order chi connectivity index (χ1) is 9.01. The Morgan fingerprint density at radius 1 is 1.21 bits per heavy atom. The van der Waals surface area contributed by atoms with Crippen LogP contribution in [0.2, 0.25) is 5.02 Å². The van der Waals surface area contributed by atoms with Crippen molar-refractivity contribution in [2.75, 3.05) is 17.7 Å². The summed E-state index contributed by atoms with van der Waals surface area (Å²) in [5, 5.41) is 6.81. The third-order valence-corrected chi connectivity index (χ3v) is 4.11. The highest BCUT2D eigenvalue weighted by atomic mass is 79.9. The molecule has 0 spiro atoms. The fourth-order valence-corrected chi connectivity index (χ4v) is 2.46. The summed E-state index contributed by atoms with van der Waals surface area (Å²) in [4.78, 5) is 8.44. The molecule has 0 aliphatic rings.